The Balaban J connectivity index is 2.31. The highest BCUT2D eigenvalue weighted by atomic mass is 79.9. The van der Waals surface area contributed by atoms with Crippen molar-refractivity contribution in [1.29, 1.82) is 0 Å². The van der Waals surface area contributed by atoms with Gasteiger partial charge in [0, 0.05) is 6.42 Å². The molecule has 0 radical (unpaired) electrons. The summed E-state index contributed by atoms with van der Waals surface area (Å²) >= 11 is 3.41. The lowest BCUT2D eigenvalue weighted by Crippen LogP contribution is -2.05. The zero-order valence-electron chi connectivity index (χ0n) is 9.65. The average Bonchev–Trinajstić information content (AvgIpc) is 2.35. The van der Waals surface area contributed by atoms with E-state index in [1.54, 1.807) is 0 Å². The minimum Gasteiger partial charge on any atom is -0.383 e. The van der Waals surface area contributed by atoms with Crippen LogP contribution in [0, 0.1) is 0 Å². The number of anilines is 1. The van der Waals surface area contributed by atoms with E-state index in [-0.39, 0.29) is 0 Å². The summed E-state index contributed by atoms with van der Waals surface area (Å²) in [6.45, 7) is 2.05. The van der Waals surface area contributed by atoms with Crippen LogP contribution < -0.4 is 5.73 Å². The van der Waals surface area contributed by atoms with Crippen molar-refractivity contribution in [2.24, 2.45) is 0 Å². The van der Waals surface area contributed by atoms with E-state index in [0.29, 0.717) is 12.2 Å². The molecule has 2 rings (SSSR count). The fraction of sp³-hybridized carbons (Fsp3) is 0.231. The number of aromatic nitrogens is 2. The Morgan fingerprint density at radius 1 is 1.18 bits per heavy atom. The maximum absolute atomic E-state index is 5.85. The van der Waals surface area contributed by atoms with Crippen LogP contribution in [-0.4, -0.2) is 9.97 Å². The molecule has 0 fully saturated rings. The van der Waals surface area contributed by atoms with Gasteiger partial charge in [-0.25, -0.2) is 9.97 Å². The molecule has 17 heavy (non-hydrogen) atoms. The lowest BCUT2D eigenvalue weighted by atomic mass is 10.1. The van der Waals surface area contributed by atoms with Crippen molar-refractivity contribution in [3.8, 4) is 0 Å². The Kier molecular flexibility index (Phi) is 3.74. The maximum Gasteiger partial charge on any atom is 0.141 e. The first kappa shape index (κ1) is 12.0. The molecule has 0 aliphatic heterocycles. The molecule has 0 aliphatic rings. The van der Waals surface area contributed by atoms with E-state index in [1.807, 2.05) is 18.2 Å². The number of nitrogen functional groups attached to an aromatic ring is 1. The van der Waals surface area contributed by atoms with E-state index >= 15 is 0 Å². The normalized spacial score (nSPS) is 10.5. The van der Waals surface area contributed by atoms with Crippen LogP contribution in [0.15, 0.2) is 34.8 Å². The summed E-state index contributed by atoms with van der Waals surface area (Å²) < 4.78 is 0.816. The molecule has 0 bridgehead atoms. The van der Waals surface area contributed by atoms with Gasteiger partial charge in [-0.2, -0.15) is 0 Å². The fourth-order valence-corrected chi connectivity index (χ4v) is 2.12. The largest absolute Gasteiger partial charge is 0.383 e. The van der Waals surface area contributed by atoms with Gasteiger partial charge in [-0.3, -0.25) is 0 Å². The van der Waals surface area contributed by atoms with E-state index in [2.05, 4.69) is 45.0 Å². The molecule has 1 heterocycles. The summed E-state index contributed by atoms with van der Waals surface area (Å²) in [4.78, 5) is 8.81. The number of benzene rings is 1. The van der Waals surface area contributed by atoms with Gasteiger partial charge >= 0.3 is 0 Å². The standard InChI is InChI=1S/C13H14BrN3/c1-2-10-12(14)13(15)17-11(16-10)8-9-6-4-3-5-7-9/h3-7H,2,8H2,1H3,(H2,15,16,17). The highest BCUT2D eigenvalue weighted by Gasteiger charge is 2.08. The van der Waals surface area contributed by atoms with Crippen LogP contribution in [-0.2, 0) is 12.8 Å². The third-order valence-corrected chi connectivity index (χ3v) is 3.40. The molecule has 2 N–H and O–H groups in total. The quantitative estimate of drug-likeness (QED) is 0.946. The number of nitrogens with zero attached hydrogens (tertiary/aromatic N) is 2. The number of halogens is 1. The van der Waals surface area contributed by atoms with E-state index in [0.717, 1.165) is 22.4 Å². The minimum atomic E-state index is 0.516. The molecule has 0 amide bonds. The minimum absolute atomic E-state index is 0.516. The summed E-state index contributed by atoms with van der Waals surface area (Å²) in [6.07, 6.45) is 1.56. The molecule has 0 atom stereocenters. The Morgan fingerprint density at radius 2 is 1.88 bits per heavy atom. The number of rotatable bonds is 3. The topological polar surface area (TPSA) is 51.8 Å². The van der Waals surface area contributed by atoms with Gasteiger partial charge < -0.3 is 5.73 Å². The Bertz CT molecular complexity index is 512. The highest BCUT2D eigenvalue weighted by molar-refractivity contribution is 9.10. The van der Waals surface area contributed by atoms with E-state index in [1.165, 1.54) is 5.56 Å². The molecule has 1 aromatic heterocycles. The lowest BCUT2D eigenvalue weighted by Gasteiger charge is -2.07. The third kappa shape index (κ3) is 2.82. The van der Waals surface area contributed by atoms with Gasteiger partial charge in [0.15, 0.2) is 0 Å². The van der Waals surface area contributed by atoms with Crippen LogP contribution in [0.2, 0.25) is 0 Å². The third-order valence-electron chi connectivity index (χ3n) is 2.53. The first-order chi connectivity index (χ1) is 8.20. The molecule has 1 aromatic carbocycles. The van der Waals surface area contributed by atoms with Crippen molar-refractivity contribution in [3.05, 3.63) is 51.9 Å². The highest BCUT2D eigenvalue weighted by Crippen LogP contribution is 2.22. The molecule has 0 saturated heterocycles. The molecule has 0 aliphatic carbocycles. The van der Waals surface area contributed by atoms with E-state index < -0.39 is 0 Å². The molecule has 88 valence electrons. The van der Waals surface area contributed by atoms with Gasteiger partial charge in [0.05, 0.1) is 10.2 Å². The lowest BCUT2D eigenvalue weighted by molar-refractivity contribution is 0.902. The van der Waals surface area contributed by atoms with Crippen molar-refractivity contribution >= 4 is 21.7 Å². The van der Waals surface area contributed by atoms with Gasteiger partial charge in [0.2, 0.25) is 0 Å². The molecular formula is C13H14BrN3. The Morgan fingerprint density at radius 3 is 2.53 bits per heavy atom. The van der Waals surface area contributed by atoms with Crippen LogP contribution in [0.5, 0.6) is 0 Å². The van der Waals surface area contributed by atoms with Crippen molar-refractivity contribution in [2.75, 3.05) is 5.73 Å². The number of aryl methyl sites for hydroxylation is 1. The van der Waals surface area contributed by atoms with Crippen molar-refractivity contribution in [1.82, 2.24) is 9.97 Å². The second-order valence-electron chi connectivity index (χ2n) is 3.80. The van der Waals surface area contributed by atoms with E-state index in [4.69, 9.17) is 5.73 Å². The van der Waals surface area contributed by atoms with Crippen LogP contribution >= 0.6 is 15.9 Å². The van der Waals surface area contributed by atoms with Gasteiger partial charge in [0.1, 0.15) is 11.6 Å². The molecule has 2 aromatic rings. The smallest absolute Gasteiger partial charge is 0.141 e. The molecule has 0 spiro atoms. The molecule has 0 saturated carbocycles. The SMILES string of the molecule is CCc1nc(Cc2ccccc2)nc(N)c1Br. The van der Waals surface area contributed by atoms with E-state index in [9.17, 15) is 0 Å². The molecule has 4 heteroatoms. The maximum atomic E-state index is 5.85. The van der Waals surface area contributed by atoms with Crippen LogP contribution in [0.1, 0.15) is 24.0 Å². The number of hydrogen-bond acceptors (Lipinski definition) is 3. The van der Waals surface area contributed by atoms with Crippen LogP contribution in [0.4, 0.5) is 5.82 Å². The predicted octanol–water partition coefficient (Wildman–Crippen LogP) is 2.97. The fourth-order valence-electron chi connectivity index (χ4n) is 1.66. The Hall–Kier alpha value is -1.42. The molecule has 3 nitrogen and oxygen atoms in total. The summed E-state index contributed by atoms with van der Waals surface area (Å²) in [6, 6.07) is 10.1. The second kappa shape index (κ2) is 5.27. The molecule has 0 unspecified atom stereocenters. The average molecular weight is 292 g/mol. The van der Waals surface area contributed by atoms with Gasteiger partial charge in [-0.1, -0.05) is 37.3 Å². The first-order valence-corrected chi connectivity index (χ1v) is 6.34. The Labute approximate surface area is 109 Å². The van der Waals surface area contributed by atoms with Crippen molar-refractivity contribution in [2.45, 2.75) is 19.8 Å². The zero-order valence-corrected chi connectivity index (χ0v) is 11.2. The molecular weight excluding hydrogens is 278 g/mol. The van der Waals surface area contributed by atoms with Crippen LogP contribution in [0.3, 0.4) is 0 Å². The van der Waals surface area contributed by atoms with Crippen LogP contribution in [0.25, 0.3) is 0 Å². The van der Waals surface area contributed by atoms with Gasteiger partial charge in [0.25, 0.3) is 0 Å². The van der Waals surface area contributed by atoms with Crippen molar-refractivity contribution in [3.63, 3.8) is 0 Å². The summed E-state index contributed by atoms with van der Waals surface area (Å²) in [5, 5.41) is 0. The predicted molar refractivity (Wildman–Crippen MR) is 72.8 cm³/mol. The van der Waals surface area contributed by atoms with Gasteiger partial charge in [-0.05, 0) is 27.9 Å². The summed E-state index contributed by atoms with van der Waals surface area (Å²) in [5.74, 6) is 1.29. The summed E-state index contributed by atoms with van der Waals surface area (Å²) in [7, 11) is 0. The number of hydrogen-bond donors (Lipinski definition) is 1. The van der Waals surface area contributed by atoms with Gasteiger partial charge in [-0.15, -0.1) is 0 Å². The summed E-state index contributed by atoms with van der Waals surface area (Å²) in [5.41, 5.74) is 8.01. The first-order valence-electron chi connectivity index (χ1n) is 5.55. The zero-order chi connectivity index (χ0) is 12.3. The van der Waals surface area contributed by atoms with Crippen molar-refractivity contribution < 1.29 is 0 Å². The number of nitrogens with two attached hydrogens (primary N) is 1. The monoisotopic (exact) mass is 291 g/mol. The second-order valence-corrected chi connectivity index (χ2v) is 4.59.